The summed E-state index contributed by atoms with van der Waals surface area (Å²) in [6.07, 6.45) is -4.73. The van der Waals surface area contributed by atoms with Gasteiger partial charge in [0.25, 0.3) is 0 Å². The first-order valence-electron chi connectivity index (χ1n) is 9.05. The van der Waals surface area contributed by atoms with Gasteiger partial charge < -0.3 is 19.5 Å². The second-order valence-corrected chi connectivity index (χ2v) is 6.89. The summed E-state index contributed by atoms with van der Waals surface area (Å²) < 4.78 is 52.2. The van der Waals surface area contributed by atoms with Gasteiger partial charge in [0.1, 0.15) is 5.75 Å². The first kappa shape index (κ1) is 27.5. The molecule has 5 nitrogen and oxygen atoms in total. The van der Waals surface area contributed by atoms with Gasteiger partial charge in [0.2, 0.25) is 0 Å². The minimum absolute atomic E-state index is 0. The van der Waals surface area contributed by atoms with Crippen LogP contribution in [0.2, 0.25) is 5.02 Å². The number of piperazine rings is 1. The number of halogens is 6. The fraction of sp³-hybridized carbons (Fsp3) is 0.400. The lowest BCUT2D eigenvalue weighted by molar-refractivity contribution is -0.274. The van der Waals surface area contributed by atoms with Crippen molar-refractivity contribution in [3.8, 4) is 17.2 Å². The monoisotopic (exact) mass is 502 g/mol. The van der Waals surface area contributed by atoms with E-state index >= 15 is 0 Å². The van der Waals surface area contributed by atoms with Gasteiger partial charge in [0.15, 0.2) is 11.5 Å². The van der Waals surface area contributed by atoms with E-state index in [2.05, 4.69) is 15.0 Å². The van der Waals surface area contributed by atoms with Gasteiger partial charge in [-0.25, -0.2) is 0 Å². The molecule has 0 bridgehead atoms. The standard InChI is InChI=1S/C20H22ClF3N2O3.2ClH/c1-27-16-8-7-15(17(21)19(16)28-2)18(26-11-9-25-10-12-26)13-3-5-14(6-4-13)29-20(22,23)24;;/h3-8,18,25H,9-12H2,1-2H3;2*1H/t18-;;/m0../s1. The Kier molecular flexibility index (Phi) is 10.5. The first-order chi connectivity index (χ1) is 13.8. The maximum absolute atomic E-state index is 12.5. The van der Waals surface area contributed by atoms with Gasteiger partial charge in [0, 0.05) is 26.2 Å². The average molecular weight is 504 g/mol. The molecule has 1 heterocycles. The maximum atomic E-state index is 12.5. The highest BCUT2D eigenvalue weighted by Gasteiger charge is 2.32. The Balaban J connectivity index is 0.00000240. The normalized spacial score (nSPS) is 15.3. The minimum atomic E-state index is -4.73. The molecule has 31 heavy (non-hydrogen) atoms. The van der Waals surface area contributed by atoms with Crippen LogP contribution in [0.4, 0.5) is 13.2 Å². The molecule has 0 unspecified atom stereocenters. The lowest BCUT2D eigenvalue weighted by Gasteiger charge is -2.36. The summed E-state index contributed by atoms with van der Waals surface area (Å²) >= 11 is 6.65. The van der Waals surface area contributed by atoms with Gasteiger partial charge in [-0.3, -0.25) is 4.90 Å². The second kappa shape index (κ2) is 11.9. The lowest BCUT2D eigenvalue weighted by Crippen LogP contribution is -2.45. The Hall–Kier alpha value is -1.58. The SMILES string of the molecule is COc1ccc([C@H](c2ccc(OC(F)(F)F)cc2)N2CCNCC2)c(Cl)c1OC.Cl.Cl. The van der Waals surface area contributed by atoms with Gasteiger partial charge in [-0.2, -0.15) is 0 Å². The van der Waals surface area contributed by atoms with Crippen molar-refractivity contribution >= 4 is 36.4 Å². The smallest absolute Gasteiger partial charge is 0.493 e. The number of rotatable bonds is 6. The highest BCUT2D eigenvalue weighted by molar-refractivity contribution is 6.33. The molecule has 0 radical (unpaired) electrons. The zero-order chi connectivity index (χ0) is 21.0. The molecule has 3 rings (SSSR count). The summed E-state index contributed by atoms with van der Waals surface area (Å²) in [7, 11) is 3.04. The number of hydrogen-bond donors (Lipinski definition) is 1. The number of benzene rings is 2. The van der Waals surface area contributed by atoms with Crippen LogP contribution < -0.4 is 19.5 Å². The van der Waals surface area contributed by atoms with E-state index in [0.29, 0.717) is 16.5 Å². The predicted octanol–water partition coefficient (Wildman–Crippen LogP) is 5.09. The Morgan fingerprint density at radius 1 is 0.968 bits per heavy atom. The number of hydrogen-bond acceptors (Lipinski definition) is 5. The molecule has 1 aliphatic heterocycles. The quantitative estimate of drug-likeness (QED) is 0.595. The molecule has 0 spiro atoms. The zero-order valence-corrected chi connectivity index (χ0v) is 19.3. The van der Waals surface area contributed by atoms with E-state index in [9.17, 15) is 13.2 Å². The third kappa shape index (κ3) is 6.70. The van der Waals surface area contributed by atoms with E-state index in [0.717, 1.165) is 37.3 Å². The fourth-order valence-electron chi connectivity index (χ4n) is 3.49. The third-order valence-electron chi connectivity index (χ3n) is 4.76. The molecular weight excluding hydrogens is 480 g/mol. The Morgan fingerprint density at radius 3 is 2.10 bits per heavy atom. The fourth-order valence-corrected chi connectivity index (χ4v) is 3.83. The van der Waals surface area contributed by atoms with Crippen molar-refractivity contribution in [2.24, 2.45) is 0 Å². The number of methoxy groups -OCH3 is 2. The molecule has 11 heteroatoms. The summed E-state index contributed by atoms with van der Waals surface area (Å²) in [6.45, 7) is 3.12. The van der Waals surface area contributed by atoms with Crippen LogP contribution >= 0.6 is 36.4 Å². The summed E-state index contributed by atoms with van der Waals surface area (Å²) in [5, 5.41) is 3.71. The van der Waals surface area contributed by atoms with Crippen molar-refractivity contribution in [3.63, 3.8) is 0 Å². The van der Waals surface area contributed by atoms with Crippen LogP contribution in [0.25, 0.3) is 0 Å². The largest absolute Gasteiger partial charge is 0.573 e. The molecule has 1 fully saturated rings. The van der Waals surface area contributed by atoms with E-state index in [1.165, 1.54) is 26.4 Å². The molecule has 0 aromatic heterocycles. The van der Waals surface area contributed by atoms with E-state index in [-0.39, 0.29) is 36.6 Å². The van der Waals surface area contributed by atoms with Crippen molar-refractivity contribution in [3.05, 3.63) is 52.5 Å². The van der Waals surface area contributed by atoms with Gasteiger partial charge >= 0.3 is 6.36 Å². The Labute approximate surface area is 196 Å². The van der Waals surface area contributed by atoms with Crippen molar-refractivity contribution in [1.29, 1.82) is 0 Å². The van der Waals surface area contributed by atoms with E-state index in [4.69, 9.17) is 21.1 Å². The molecule has 1 atom stereocenters. The van der Waals surface area contributed by atoms with Crippen LogP contribution in [-0.2, 0) is 0 Å². The van der Waals surface area contributed by atoms with Gasteiger partial charge in [-0.1, -0.05) is 29.8 Å². The number of nitrogens with zero attached hydrogens (tertiary/aromatic N) is 1. The zero-order valence-electron chi connectivity index (χ0n) is 16.9. The summed E-state index contributed by atoms with van der Waals surface area (Å²) in [5.74, 6) is 0.664. The molecule has 0 saturated carbocycles. The van der Waals surface area contributed by atoms with Crippen LogP contribution in [0, 0.1) is 0 Å². The molecule has 0 aliphatic carbocycles. The summed E-state index contributed by atoms with van der Waals surface area (Å²) in [5.41, 5.74) is 1.59. The van der Waals surface area contributed by atoms with E-state index in [1.807, 2.05) is 6.07 Å². The second-order valence-electron chi connectivity index (χ2n) is 6.51. The van der Waals surface area contributed by atoms with Crippen LogP contribution in [0.1, 0.15) is 17.2 Å². The highest BCUT2D eigenvalue weighted by atomic mass is 35.5. The molecule has 2 aromatic carbocycles. The van der Waals surface area contributed by atoms with Crippen LogP contribution in [0.5, 0.6) is 17.2 Å². The van der Waals surface area contributed by atoms with Crippen molar-refractivity contribution in [1.82, 2.24) is 10.2 Å². The predicted molar refractivity (Wildman–Crippen MR) is 118 cm³/mol. The molecular formula is C20H24Cl3F3N2O3. The average Bonchev–Trinajstić information content (AvgIpc) is 2.70. The topological polar surface area (TPSA) is 43.0 Å². The minimum Gasteiger partial charge on any atom is -0.493 e. The molecule has 174 valence electrons. The van der Waals surface area contributed by atoms with Gasteiger partial charge in [-0.05, 0) is 29.3 Å². The van der Waals surface area contributed by atoms with Crippen molar-refractivity contribution in [2.75, 3.05) is 40.4 Å². The first-order valence-corrected chi connectivity index (χ1v) is 9.42. The number of alkyl halides is 3. The highest BCUT2D eigenvalue weighted by Crippen LogP contribution is 2.43. The van der Waals surface area contributed by atoms with E-state index < -0.39 is 6.36 Å². The van der Waals surface area contributed by atoms with Crippen molar-refractivity contribution in [2.45, 2.75) is 12.4 Å². The van der Waals surface area contributed by atoms with Gasteiger partial charge in [-0.15, -0.1) is 38.0 Å². The van der Waals surface area contributed by atoms with Crippen molar-refractivity contribution < 1.29 is 27.4 Å². The van der Waals surface area contributed by atoms with Gasteiger partial charge in [0.05, 0.1) is 25.3 Å². The van der Waals surface area contributed by atoms with Crippen LogP contribution in [0.15, 0.2) is 36.4 Å². The number of ether oxygens (including phenoxy) is 3. The van der Waals surface area contributed by atoms with Crippen LogP contribution in [0.3, 0.4) is 0 Å². The maximum Gasteiger partial charge on any atom is 0.573 e. The van der Waals surface area contributed by atoms with E-state index in [1.54, 1.807) is 18.2 Å². The molecule has 1 N–H and O–H groups in total. The Morgan fingerprint density at radius 2 is 1.58 bits per heavy atom. The molecule has 2 aromatic rings. The Bertz CT molecular complexity index is 833. The third-order valence-corrected chi connectivity index (χ3v) is 5.15. The molecule has 0 amide bonds. The number of nitrogens with one attached hydrogen (secondary N) is 1. The lowest BCUT2D eigenvalue weighted by atomic mass is 9.95. The summed E-state index contributed by atoms with van der Waals surface area (Å²) in [6, 6.07) is 9.25. The molecule has 1 saturated heterocycles. The summed E-state index contributed by atoms with van der Waals surface area (Å²) in [4.78, 5) is 2.23. The molecule has 1 aliphatic rings. The van der Waals surface area contributed by atoms with Crippen LogP contribution in [-0.4, -0.2) is 51.7 Å².